The van der Waals surface area contributed by atoms with Crippen molar-refractivity contribution >= 4 is 5.97 Å². The first-order chi connectivity index (χ1) is 7.61. The fourth-order valence-corrected chi connectivity index (χ4v) is 2.20. The third-order valence-electron chi connectivity index (χ3n) is 3.15. The molecule has 0 aromatic rings. The molecule has 1 atom stereocenters. The lowest BCUT2D eigenvalue weighted by atomic mass is 9.89. The second-order valence-electron chi connectivity index (χ2n) is 4.84. The van der Waals surface area contributed by atoms with Crippen molar-refractivity contribution in [3.8, 4) is 0 Å². The molecule has 3 heteroatoms. The fraction of sp³-hybridized carbons (Fsp3) is 0.923. The van der Waals surface area contributed by atoms with Gasteiger partial charge in [0, 0.05) is 0 Å². The lowest BCUT2D eigenvalue weighted by Crippen LogP contribution is -2.26. The van der Waals surface area contributed by atoms with Gasteiger partial charge in [0.25, 0.3) is 0 Å². The molecule has 0 amide bonds. The van der Waals surface area contributed by atoms with E-state index in [9.17, 15) is 4.79 Å². The van der Waals surface area contributed by atoms with Crippen LogP contribution >= 0.6 is 0 Å². The predicted octanol–water partition coefficient (Wildman–Crippen LogP) is 2.92. The van der Waals surface area contributed by atoms with Gasteiger partial charge in [0.05, 0.1) is 25.2 Å². The highest BCUT2D eigenvalue weighted by Crippen LogP contribution is 2.26. The standard InChI is InChI=1S/C13H24O3/c1-4-15-13(14)9-11(3)16-12-7-5-10(2)6-8-12/h10-12H,4-9H2,1-3H3. The number of carbonyl (C=O) groups is 1. The van der Waals surface area contributed by atoms with E-state index in [0.29, 0.717) is 19.1 Å². The molecule has 0 bridgehead atoms. The van der Waals surface area contributed by atoms with Gasteiger partial charge in [0.1, 0.15) is 0 Å². The van der Waals surface area contributed by atoms with Crippen LogP contribution in [0.15, 0.2) is 0 Å². The van der Waals surface area contributed by atoms with E-state index in [2.05, 4.69) is 6.92 Å². The van der Waals surface area contributed by atoms with Crippen LogP contribution in [-0.4, -0.2) is 24.8 Å². The minimum absolute atomic E-state index is 0.0162. The molecule has 0 aromatic heterocycles. The summed E-state index contributed by atoms with van der Waals surface area (Å²) in [5.74, 6) is 0.680. The average molecular weight is 228 g/mol. The SMILES string of the molecule is CCOC(=O)CC(C)OC1CCC(C)CC1. The van der Waals surface area contributed by atoms with Gasteiger partial charge in [-0.1, -0.05) is 6.92 Å². The second kappa shape index (κ2) is 6.89. The normalized spacial score (nSPS) is 27.4. The number of hydrogen-bond donors (Lipinski definition) is 0. The second-order valence-corrected chi connectivity index (χ2v) is 4.84. The Balaban J connectivity index is 2.18. The van der Waals surface area contributed by atoms with Gasteiger partial charge in [0.15, 0.2) is 0 Å². The van der Waals surface area contributed by atoms with Crippen molar-refractivity contribution in [3.63, 3.8) is 0 Å². The molecule has 0 radical (unpaired) electrons. The van der Waals surface area contributed by atoms with Crippen LogP contribution in [0.25, 0.3) is 0 Å². The summed E-state index contributed by atoms with van der Waals surface area (Å²) >= 11 is 0. The highest BCUT2D eigenvalue weighted by Gasteiger charge is 2.21. The van der Waals surface area contributed by atoms with E-state index < -0.39 is 0 Å². The average Bonchev–Trinajstić information content (AvgIpc) is 2.21. The van der Waals surface area contributed by atoms with Crippen LogP contribution in [0.5, 0.6) is 0 Å². The van der Waals surface area contributed by atoms with Crippen LogP contribution in [0.3, 0.4) is 0 Å². The molecule has 94 valence electrons. The van der Waals surface area contributed by atoms with Crippen molar-refractivity contribution in [2.45, 2.75) is 65.1 Å². The van der Waals surface area contributed by atoms with E-state index >= 15 is 0 Å². The van der Waals surface area contributed by atoms with Crippen molar-refractivity contribution in [3.05, 3.63) is 0 Å². The van der Waals surface area contributed by atoms with Crippen molar-refractivity contribution in [2.75, 3.05) is 6.61 Å². The summed E-state index contributed by atoms with van der Waals surface area (Å²) in [5, 5.41) is 0. The van der Waals surface area contributed by atoms with Gasteiger partial charge in [-0.25, -0.2) is 0 Å². The molecule has 0 spiro atoms. The van der Waals surface area contributed by atoms with E-state index in [1.54, 1.807) is 0 Å². The minimum Gasteiger partial charge on any atom is -0.466 e. The summed E-state index contributed by atoms with van der Waals surface area (Å²) in [4.78, 5) is 11.2. The summed E-state index contributed by atoms with van der Waals surface area (Å²) in [5.41, 5.74) is 0. The molecule has 16 heavy (non-hydrogen) atoms. The number of carbonyl (C=O) groups excluding carboxylic acids is 1. The Kier molecular flexibility index (Phi) is 5.81. The summed E-state index contributed by atoms with van der Waals surface area (Å²) < 4.78 is 10.8. The number of ether oxygens (including phenoxy) is 2. The van der Waals surface area contributed by atoms with E-state index in [4.69, 9.17) is 9.47 Å². The molecule has 1 unspecified atom stereocenters. The molecule has 1 saturated carbocycles. The molecule has 1 fully saturated rings. The van der Waals surface area contributed by atoms with Crippen molar-refractivity contribution in [1.29, 1.82) is 0 Å². The quantitative estimate of drug-likeness (QED) is 0.679. The summed E-state index contributed by atoms with van der Waals surface area (Å²) in [6, 6.07) is 0. The molecule has 0 N–H and O–H groups in total. The van der Waals surface area contributed by atoms with E-state index in [1.165, 1.54) is 12.8 Å². The van der Waals surface area contributed by atoms with E-state index in [1.807, 2.05) is 13.8 Å². The molecular weight excluding hydrogens is 204 g/mol. The molecule has 0 aromatic carbocycles. The van der Waals surface area contributed by atoms with Gasteiger partial charge >= 0.3 is 5.97 Å². The van der Waals surface area contributed by atoms with Gasteiger partial charge < -0.3 is 9.47 Å². The molecule has 0 saturated heterocycles. The van der Waals surface area contributed by atoms with Crippen molar-refractivity contribution in [2.24, 2.45) is 5.92 Å². The Morgan fingerprint density at radius 1 is 1.31 bits per heavy atom. The fourth-order valence-electron chi connectivity index (χ4n) is 2.20. The van der Waals surface area contributed by atoms with Crippen molar-refractivity contribution < 1.29 is 14.3 Å². The zero-order valence-electron chi connectivity index (χ0n) is 10.7. The Hall–Kier alpha value is -0.570. The summed E-state index contributed by atoms with van der Waals surface area (Å²) in [6.45, 7) is 6.52. The van der Waals surface area contributed by atoms with Crippen LogP contribution in [0.1, 0.15) is 52.9 Å². The molecule has 0 aliphatic heterocycles. The monoisotopic (exact) mass is 228 g/mol. The third-order valence-corrected chi connectivity index (χ3v) is 3.15. The Morgan fingerprint density at radius 3 is 2.50 bits per heavy atom. The predicted molar refractivity (Wildman–Crippen MR) is 63.2 cm³/mol. The molecular formula is C13H24O3. The van der Waals surface area contributed by atoms with Gasteiger partial charge in [-0.3, -0.25) is 4.79 Å². The van der Waals surface area contributed by atoms with E-state index in [-0.39, 0.29) is 12.1 Å². The molecule has 1 aliphatic rings. The smallest absolute Gasteiger partial charge is 0.308 e. The van der Waals surface area contributed by atoms with Crippen LogP contribution in [0.4, 0.5) is 0 Å². The third kappa shape index (κ3) is 4.97. The van der Waals surface area contributed by atoms with Crippen LogP contribution in [-0.2, 0) is 14.3 Å². The van der Waals surface area contributed by atoms with Crippen molar-refractivity contribution in [1.82, 2.24) is 0 Å². The summed E-state index contributed by atoms with van der Waals surface area (Å²) in [6.07, 6.45) is 5.47. The van der Waals surface area contributed by atoms with Gasteiger partial charge in [-0.2, -0.15) is 0 Å². The first-order valence-electron chi connectivity index (χ1n) is 6.42. The lowest BCUT2D eigenvalue weighted by Gasteiger charge is -2.28. The number of esters is 1. The Labute approximate surface area is 98.5 Å². The highest BCUT2D eigenvalue weighted by molar-refractivity contribution is 5.69. The van der Waals surface area contributed by atoms with Crippen LogP contribution in [0.2, 0.25) is 0 Å². The van der Waals surface area contributed by atoms with E-state index in [0.717, 1.165) is 18.8 Å². The van der Waals surface area contributed by atoms with Crippen LogP contribution < -0.4 is 0 Å². The lowest BCUT2D eigenvalue weighted by molar-refractivity contribution is -0.147. The first-order valence-corrected chi connectivity index (χ1v) is 6.42. The zero-order valence-corrected chi connectivity index (χ0v) is 10.7. The minimum atomic E-state index is -0.154. The maximum atomic E-state index is 11.2. The van der Waals surface area contributed by atoms with Crippen LogP contribution in [0, 0.1) is 5.92 Å². The molecule has 1 rings (SSSR count). The zero-order chi connectivity index (χ0) is 12.0. The largest absolute Gasteiger partial charge is 0.466 e. The van der Waals surface area contributed by atoms with Gasteiger partial charge in [0.2, 0.25) is 0 Å². The highest BCUT2D eigenvalue weighted by atomic mass is 16.5. The first kappa shape index (κ1) is 13.5. The molecule has 3 nitrogen and oxygen atoms in total. The Bertz CT molecular complexity index is 207. The molecule has 0 heterocycles. The maximum absolute atomic E-state index is 11.2. The van der Waals surface area contributed by atoms with Gasteiger partial charge in [-0.15, -0.1) is 0 Å². The number of hydrogen-bond acceptors (Lipinski definition) is 3. The topological polar surface area (TPSA) is 35.5 Å². The van der Waals surface area contributed by atoms with Gasteiger partial charge in [-0.05, 0) is 45.4 Å². The maximum Gasteiger partial charge on any atom is 0.308 e. The number of rotatable bonds is 5. The Morgan fingerprint density at radius 2 is 1.94 bits per heavy atom. The molecule has 1 aliphatic carbocycles. The summed E-state index contributed by atoms with van der Waals surface area (Å²) in [7, 11) is 0.